The van der Waals surface area contributed by atoms with Crippen LogP contribution in [0.5, 0.6) is 0 Å². The monoisotopic (exact) mass is 228 g/mol. The van der Waals surface area contributed by atoms with E-state index in [1.165, 1.54) is 6.33 Å². The van der Waals surface area contributed by atoms with E-state index in [9.17, 15) is 0 Å². The van der Waals surface area contributed by atoms with Gasteiger partial charge >= 0.3 is 0 Å². The van der Waals surface area contributed by atoms with Crippen molar-refractivity contribution in [3.8, 4) is 0 Å². The molecule has 0 aliphatic rings. The van der Waals surface area contributed by atoms with Crippen molar-refractivity contribution in [1.29, 1.82) is 0 Å². The number of nitrogens with one attached hydrogen (secondary N) is 2. The molecule has 2 aromatic rings. The van der Waals surface area contributed by atoms with Gasteiger partial charge in [-0.25, -0.2) is 9.97 Å². The van der Waals surface area contributed by atoms with Gasteiger partial charge in [0.25, 0.3) is 0 Å². The van der Waals surface area contributed by atoms with Gasteiger partial charge in [0.15, 0.2) is 5.82 Å². The lowest BCUT2D eigenvalue weighted by Crippen LogP contribution is -1.94. The summed E-state index contributed by atoms with van der Waals surface area (Å²) in [6.45, 7) is 0. The van der Waals surface area contributed by atoms with Gasteiger partial charge in [-0.2, -0.15) is 0 Å². The molecule has 0 fully saturated rings. The fourth-order valence-corrected chi connectivity index (χ4v) is 1.50. The fraction of sp³-hybridized carbons (Fsp3) is 0. The first-order valence-electron chi connectivity index (χ1n) is 3.20. The molecule has 0 radical (unpaired) electrons. The minimum absolute atomic E-state index is 0.383. The van der Waals surface area contributed by atoms with Crippen LogP contribution < -0.4 is 5.48 Å². The van der Waals surface area contributed by atoms with Crippen molar-refractivity contribution in [3.05, 3.63) is 17.0 Å². The molecule has 12 heavy (non-hydrogen) atoms. The molecule has 0 aliphatic carbocycles. The quantitative estimate of drug-likeness (QED) is 0.648. The summed E-state index contributed by atoms with van der Waals surface area (Å²) in [6, 6.07) is 0. The van der Waals surface area contributed by atoms with E-state index >= 15 is 0 Å². The van der Waals surface area contributed by atoms with Crippen molar-refractivity contribution in [2.45, 2.75) is 0 Å². The van der Waals surface area contributed by atoms with Gasteiger partial charge in [-0.15, -0.1) is 0 Å². The van der Waals surface area contributed by atoms with Crippen molar-refractivity contribution in [2.24, 2.45) is 0 Å². The van der Waals surface area contributed by atoms with Gasteiger partial charge in [0, 0.05) is 10.7 Å². The lowest BCUT2D eigenvalue weighted by molar-refractivity contribution is 0.387. The first kappa shape index (κ1) is 7.51. The molecule has 2 heterocycles. The van der Waals surface area contributed by atoms with Crippen LogP contribution in [-0.2, 0) is 0 Å². The van der Waals surface area contributed by atoms with Gasteiger partial charge in [-0.05, 0) is 15.9 Å². The van der Waals surface area contributed by atoms with Gasteiger partial charge in [-0.1, -0.05) is 0 Å². The smallest absolute Gasteiger partial charge is 0.163 e. The summed E-state index contributed by atoms with van der Waals surface area (Å²) >= 11 is 3.30. The molecule has 6 heteroatoms. The third-order valence-electron chi connectivity index (χ3n) is 1.53. The highest BCUT2D eigenvalue weighted by molar-refractivity contribution is 9.10. The second-order valence-corrected chi connectivity index (χ2v) is 3.05. The number of fused-ring (bicyclic) bond motifs is 1. The fourth-order valence-electron chi connectivity index (χ4n) is 1.01. The summed E-state index contributed by atoms with van der Waals surface area (Å²) in [5.41, 5.74) is 2.67. The maximum Gasteiger partial charge on any atom is 0.163 e. The number of hydrogen-bond acceptors (Lipinski definition) is 4. The van der Waals surface area contributed by atoms with Gasteiger partial charge in [-0.3, -0.25) is 10.7 Å². The molecule has 0 saturated heterocycles. The molecule has 2 rings (SSSR count). The maximum absolute atomic E-state index is 8.70. The Morgan fingerprint density at radius 2 is 2.33 bits per heavy atom. The third-order valence-corrected chi connectivity index (χ3v) is 2.15. The topological polar surface area (TPSA) is 73.8 Å². The van der Waals surface area contributed by atoms with Crippen molar-refractivity contribution >= 4 is 32.8 Å². The second kappa shape index (κ2) is 2.72. The largest absolute Gasteiger partial charge is 0.345 e. The number of H-pyrrole nitrogens is 1. The predicted octanol–water partition coefficient (Wildman–Crippen LogP) is 1.52. The third kappa shape index (κ3) is 0.961. The van der Waals surface area contributed by atoms with Crippen LogP contribution in [-0.4, -0.2) is 20.2 Å². The van der Waals surface area contributed by atoms with Gasteiger partial charge in [0.1, 0.15) is 12.0 Å². The molecular weight excluding hydrogens is 224 g/mol. The number of rotatable bonds is 1. The van der Waals surface area contributed by atoms with Crippen LogP contribution in [0.25, 0.3) is 11.0 Å². The Bertz CT molecular complexity index is 413. The van der Waals surface area contributed by atoms with E-state index in [1.807, 2.05) is 5.48 Å². The van der Waals surface area contributed by atoms with E-state index in [0.717, 1.165) is 9.86 Å². The van der Waals surface area contributed by atoms with E-state index < -0.39 is 0 Å². The summed E-state index contributed by atoms with van der Waals surface area (Å²) in [4.78, 5) is 10.7. The molecule has 2 aromatic heterocycles. The summed E-state index contributed by atoms with van der Waals surface area (Å²) in [5.74, 6) is 0.383. The van der Waals surface area contributed by atoms with Crippen molar-refractivity contribution < 1.29 is 5.21 Å². The Kier molecular flexibility index (Phi) is 1.70. The van der Waals surface area contributed by atoms with Crippen LogP contribution in [0.2, 0.25) is 0 Å². The predicted molar refractivity (Wildman–Crippen MR) is 47.0 cm³/mol. The molecule has 0 saturated carbocycles. The molecule has 0 bridgehead atoms. The maximum atomic E-state index is 8.70. The Morgan fingerprint density at radius 1 is 1.50 bits per heavy atom. The molecule has 0 atom stereocenters. The zero-order valence-electron chi connectivity index (χ0n) is 5.87. The molecule has 0 spiro atoms. The highest BCUT2D eigenvalue weighted by Gasteiger charge is 2.07. The Labute approximate surface area is 75.9 Å². The average Bonchev–Trinajstić information content (AvgIpc) is 2.48. The molecule has 0 aromatic carbocycles. The Balaban J connectivity index is 2.84. The standard InChI is InChI=1S/C6H5BrN4O/c7-3-1-8-5-4(3)6(11-12)10-2-9-5/h1-2,12H,(H2,8,9,10,11). The van der Waals surface area contributed by atoms with E-state index in [1.54, 1.807) is 6.20 Å². The zero-order chi connectivity index (χ0) is 8.55. The summed E-state index contributed by atoms with van der Waals surface area (Å²) in [7, 11) is 0. The first-order chi connectivity index (χ1) is 5.83. The molecule has 0 amide bonds. The summed E-state index contributed by atoms with van der Waals surface area (Å²) < 4.78 is 0.814. The van der Waals surface area contributed by atoms with E-state index in [2.05, 4.69) is 30.9 Å². The molecular formula is C6H5BrN4O. The Hall–Kier alpha value is -1.14. The minimum Gasteiger partial charge on any atom is -0.345 e. The summed E-state index contributed by atoms with van der Waals surface area (Å²) in [5, 5.41) is 9.44. The van der Waals surface area contributed by atoms with Crippen LogP contribution in [0.15, 0.2) is 17.0 Å². The molecule has 0 unspecified atom stereocenters. The average molecular weight is 229 g/mol. The summed E-state index contributed by atoms with van der Waals surface area (Å²) in [6.07, 6.45) is 3.10. The number of aromatic amines is 1. The second-order valence-electron chi connectivity index (χ2n) is 2.19. The van der Waals surface area contributed by atoms with E-state index in [0.29, 0.717) is 11.5 Å². The van der Waals surface area contributed by atoms with Gasteiger partial charge < -0.3 is 4.98 Å². The van der Waals surface area contributed by atoms with Gasteiger partial charge in [0.2, 0.25) is 0 Å². The van der Waals surface area contributed by atoms with Crippen LogP contribution in [0.3, 0.4) is 0 Å². The first-order valence-corrected chi connectivity index (χ1v) is 4.00. The van der Waals surface area contributed by atoms with Crippen molar-refractivity contribution in [1.82, 2.24) is 15.0 Å². The number of anilines is 1. The Morgan fingerprint density at radius 3 is 3.08 bits per heavy atom. The van der Waals surface area contributed by atoms with Crippen LogP contribution in [0.1, 0.15) is 0 Å². The van der Waals surface area contributed by atoms with Crippen LogP contribution >= 0.6 is 15.9 Å². The van der Waals surface area contributed by atoms with Gasteiger partial charge in [0.05, 0.1) is 5.39 Å². The van der Waals surface area contributed by atoms with Crippen molar-refractivity contribution in [2.75, 3.05) is 5.48 Å². The molecule has 0 aliphatic heterocycles. The van der Waals surface area contributed by atoms with Crippen LogP contribution in [0.4, 0.5) is 5.82 Å². The van der Waals surface area contributed by atoms with Crippen LogP contribution in [0, 0.1) is 0 Å². The van der Waals surface area contributed by atoms with E-state index in [-0.39, 0.29) is 0 Å². The number of nitrogens with zero attached hydrogens (tertiary/aromatic N) is 2. The van der Waals surface area contributed by atoms with E-state index in [4.69, 9.17) is 5.21 Å². The molecule has 3 N–H and O–H groups in total. The SMILES string of the molecule is ONc1ncnc2[nH]cc(Br)c12. The van der Waals surface area contributed by atoms with Crippen molar-refractivity contribution in [3.63, 3.8) is 0 Å². The highest BCUT2D eigenvalue weighted by atomic mass is 79.9. The zero-order valence-corrected chi connectivity index (χ0v) is 7.46. The normalized spacial score (nSPS) is 10.5. The molecule has 62 valence electrons. The molecule has 5 nitrogen and oxygen atoms in total. The lowest BCUT2D eigenvalue weighted by atomic mass is 10.4. The number of hydrogen-bond donors (Lipinski definition) is 3. The lowest BCUT2D eigenvalue weighted by Gasteiger charge is -1.97. The minimum atomic E-state index is 0.383. The highest BCUT2D eigenvalue weighted by Crippen LogP contribution is 2.26. The number of aromatic nitrogens is 3. The number of halogens is 1.